The van der Waals surface area contributed by atoms with E-state index in [1.165, 1.54) is 31.2 Å². The normalized spacial score (nSPS) is 17.2. The minimum absolute atomic E-state index is 0.594. The Balaban J connectivity index is 1.97. The molecule has 1 saturated carbocycles. The van der Waals surface area contributed by atoms with Gasteiger partial charge >= 0.3 is 0 Å². The zero-order chi connectivity index (χ0) is 12.8. The van der Waals surface area contributed by atoms with Crippen LogP contribution in [-0.2, 0) is 6.42 Å². The summed E-state index contributed by atoms with van der Waals surface area (Å²) >= 11 is 0. The molecule has 1 aromatic carbocycles. The summed E-state index contributed by atoms with van der Waals surface area (Å²) < 4.78 is 5.44. The third-order valence-corrected chi connectivity index (χ3v) is 3.99. The molecule has 0 aliphatic heterocycles. The van der Waals surface area contributed by atoms with Crippen molar-refractivity contribution in [2.75, 3.05) is 13.7 Å². The van der Waals surface area contributed by atoms with Gasteiger partial charge in [-0.25, -0.2) is 0 Å². The molecule has 0 aromatic heterocycles. The summed E-state index contributed by atoms with van der Waals surface area (Å²) in [4.78, 5) is 0. The number of ether oxygens (including phenoxy) is 1. The molecular weight excluding hydrogens is 222 g/mol. The summed E-state index contributed by atoms with van der Waals surface area (Å²) in [6, 6.07) is 8.98. The van der Waals surface area contributed by atoms with Crippen molar-refractivity contribution in [3.8, 4) is 5.75 Å². The largest absolute Gasteiger partial charge is 0.496 e. The molecule has 0 heterocycles. The monoisotopic (exact) mass is 247 g/mol. The molecule has 0 spiro atoms. The van der Waals surface area contributed by atoms with Gasteiger partial charge in [-0.1, -0.05) is 44.4 Å². The number of rotatable bonds is 7. The summed E-state index contributed by atoms with van der Waals surface area (Å²) in [5.74, 6) is 1.97. The molecule has 1 atom stereocenters. The van der Waals surface area contributed by atoms with Gasteiger partial charge in [-0.3, -0.25) is 0 Å². The van der Waals surface area contributed by atoms with Gasteiger partial charge in [0.1, 0.15) is 5.75 Å². The molecule has 2 rings (SSSR count). The SMILES string of the molecule is CCNC(Cc1ccccc1OC)CC1CCC1. The van der Waals surface area contributed by atoms with Gasteiger partial charge < -0.3 is 10.1 Å². The molecule has 2 nitrogen and oxygen atoms in total. The molecule has 100 valence electrons. The van der Waals surface area contributed by atoms with Crippen molar-refractivity contribution in [1.82, 2.24) is 5.32 Å². The molecule has 18 heavy (non-hydrogen) atoms. The van der Waals surface area contributed by atoms with Crippen LogP contribution in [-0.4, -0.2) is 19.7 Å². The lowest BCUT2D eigenvalue weighted by Crippen LogP contribution is -2.34. The molecular formula is C16H25NO. The molecule has 0 bridgehead atoms. The van der Waals surface area contributed by atoms with Crippen molar-refractivity contribution in [2.45, 2.75) is 45.1 Å². The second kappa shape index (κ2) is 6.79. The Hall–Kier alpha value is -1.02. The maximum atomic E-state index is 5.44. The highest BCUT2D eigenvalue weighted by Gasteiger charge is 2.22. The van der Waals surface area contributed by atoms with Crippen LogP contribution >= 0.6 is 0 Å². The van der Waals surface area contributed by atoms with E-state index >= 15 is 0 Å². The topological polar surface area (TPSA) is 21.3 Å². The summed E-state index contributed by atoms with van der Waals surface area (Å²) in [5, 5.41) is 3.63. The van der Waals surface area contributed by atoms with Crippen molar-refractivity contribution in [1.29, 1.82) is 0 Å². The number of hydrogen-bond acceptors (Lipinski definition) is 2. The van der Waals surface area contributed by atoms with E-state index in [0.29, 0.717) is 6.04 Å². The van der Waals surface area contributed by atoms with Crippen LogP contribution in [0.25, 0.3) is 0 Å². The number of likely N-dealkylation sites (N-methyl/N-ethyl adjacent to an activating group) is 1. The Kier molecular flexibility index (Phi) is 5.06. The first-order valence-electron chi connectivity index (χ1n) is 7.18. The van der Waals surface area contributed by atoms with Crippen molar-refractivity contribution < 1.29 is 4.74 Å². The smallest absolute Gasteiger partial charge is 0.122 e. The van der Waals surface area contributed by atoms with Crippen molar-refractivity contribution >= 4 is 0 Å². The maximum absolute atomic E-state index is 5.44. The summed E-state index contributed by atoms with van der Waals surface area (Å²) in [6.07, 6.45) is 6.67. The summed E-state index contributed by atoms with van der Waals surface area (Å²) in [7, 11) is 1.76. The van der Waals surface area contributed by atoms with Gasteiger partial charge in [-0.05, 0) is 36.9 Å². The summed E-state index contributed by atoms with van der Waals surface area (Å²) in [5.41, 5.74) is 1.32. The third-order valence-electron chi connectivity index (χ3n) is 3.99. The zero-order valence-electron chi connectivity index (χ0n) is 11.6. The van der Waals surface area contributed by atoms with Crippen LogP contribution in [0.2, 0.25) is 0 Å². The van der Waals surface area contributed by atoms with Gasteiger partial charge in [-0.2, -0.15) is 0 Å². The number of benzene rings is 1. The van der Waals surface area contributed by atoms with Gasteiger partial charge in [-0.15, -0.1) is 0 Å². The summed E-state index contributed by atoms with van der Waals surface area (Å²) in [6.45, 7) is 3.24. The first kappa shape index (κ1) is 13.4. The number of para-hydroxylation sites is 1. The fourth-order valence-corrected chi connectivity index (χ4v) is 2.80. The fourth-order valence-electron chi connectivity index (χ4n) is 2.80. The van der Waals surface area contributed by atoms with E-state index in [0.717, 1.165) is 24.6 Å². The molecule has 2 heteroatoms. The van der Waals surface area contributed by atoms with Crippen LogP contribution in [0.4, 0.5) is 0 Å². The van der Waals surface area contributed by atoms with Crippen LogP contribution in [0.15, 0.2) is 24.3 Å². The molecule has 0 saturated heterocycles. The van der Waals surface area contributed by atoms with Crippen molar-refractivity contribution in [3.05, 3.63) is 29.8 Å². The van der Waals surface area contributed by atoms with Crippen LogP contribution in [0.5, 0.6) is 5.75 Å². The lowest BCUT2D eigenvalue weighted by molar-refractivity contribution is 0.259. The Morgan fingerprint density at radius 2 is 2.11 bits per heavy atom. The second-order valence-corrected chi connectivity index (χ2v) is 5.30. The lowest BCUT2D eigenvalue weighted by Gasteiger charge is -2.30. The zero-order valence-corrected chi connectivity index (χ0v) is 11.6. The molecule has 1 aromatic rings. The van der Waals surface area contributed by atoms with E-state index in [1.54, 1.807) is 7.11 Å². The highest BCUT2D eigenvalue weighted by atomic mass is 16.5. The average Bonchev–Trinajstić information content (AvgIpc) is 2.34. The van der Waals surface area contributed by atoms with Crippen LogP contribution < -0.4 is 10.1 Å². The Bertz CT molecular complexity index is 360. The first-order valence-corrected chi connectivity index (χ1v) is 7.18. The van der Waals surface area contributed by atoms with Crippen LogP contribution in [0.1, 0.15) is 38.2 Å². The van der Waals surface area contributed by atoms with Gasteiger partial charge in [0.05, 0.1) is 7.11 Å². The quantitative estimate of drug-likeness (QED) is 0.797. The van der Waals surface area contributed by atoms with Gasteiger partial charge in [0.15, 0.2) is 0 Å². The van der Waals surface area contributed by atoms with E-state index < -0.39 is 0 Å². The fraction of sp³-hybridized carbons (Fsp3) is 0.625. The minimum atomic E-state index is 0.594. The second-order valence-electron chi connectivity index (χ2n) is 5.30. The molecule has 0 radical (unpaired) electrons. The van der Waals surface area contributed by atoms with E-state index in [-0.39, 0.29) is 0 Å². The first-order chi connectivity index (χ1) is 8.83. The number of nitrogens with one attached hydrogen (secondary N) is 1. The number of hydrogen-bond donors (Lipinski definition) is 1. The Morgan fingerprint density at radius 3 is 2.72 bits per heavy atom. The Morgan fingerprint density at radius 1 is 1.33 bits per heavy atom. The average molecular weight is 247 g/mol. The molecule has 1 aliphatic carbocycles. The molecule has 1 fully saturated rings. The Labute approximate surface area is 111 Å². The third kappa shape index (κ3) is 3.49. The highest BCUT2D eigenvalue weighted by Crippen LogP contribution is 2.31. The van der Waals surface area contributed by atoms with E-state index in [4.69, 9.17) is 4.74 Å². The minimum Gasteiger partial charge on any atom is -0.496 e. The predicted molar refractivity (Wildman–Crippen MR) is 76.1 cm³/mol. The van der Waals surface area contributed by atoms with Crippen LogP contribution in [0.3, 0.4) is 0 Å². The van der Waals surface area contributed by atoms with Gasteiger partial charge in [0.25, 0.3) is 0 Å². The number of methoxy groups -OCH3 is 1. The molecule has 1 unspecified atom stereocenters. The van der Waals surface area contributed by atoms with E-state index in [9.17, 15) is 0 Å². The maximum Gasteiger partial charge on any atom is 0.122 e. The van der Waals surface area contributed by atoms with E-state index in [1.807, 2.05) is 6.07 Å². The molecule has 1 N–H and O–H groups in total. The van der Waals surface area contributed by atoms with Gasteiger partial charge in [0.2, 0.25) is 0 Å². The predicted octanol–water partition coefficient (Wildman–Crippen LogP) is 3.41. The van der Waals surface area contributed by atoms with Crippen LogP contribution in [0, 0.1) is 5.92 Å². The molecule has 1 aliphatic rings. The molecule has 0 amide bonds. The standard InChI is InChI=1S/C16H25NO/c1-3-17-15(11-13-7-6-8-13)12-14-9-4-5-10-16(14)18-2/h4-5,9-10,13,15,17H,3,6-8,11-12H2,1-2H3. The lowest BCUT2D eigenvalue weighted by atomic mass is 9.80. The van der Waals surface area contributed by atoms with Gasteiger partial charge in [0, 0.05) is 6.04 Å². The van der Waals surface area contributed by atoms with E-state index in [2.05, 4.69) is 30.4 Å². The van der Waals surface area contributed by atoms with Crippen molar-refractivity contribution in [2.24, 2.45) is 5.92 Å². The van der Waals surface area contributed by atoms with Crippen molar-refractivity contribution in [3.63, 3.8) is 0 Å². The highest BCUT2D eigenvalue weighted by molar-refractivity contribution is 5.33.